The van der Waals surface area contributed by atoms with E-state index in [1.54, 1.807) is 11.0 Å². The Labute approximate surface area is 165 Å². The zero-order valence-corrected chi connectivity index (χ0v) is 15.4. The Hall–Kier alpha value is -3.29. The van der Waals surface area contributed by atoms with Crippen molar-refractivity contribution >= 4 is 23.6 Å². The third-order valence-corrected chi connectivity index (χ3v) is 4.33. The molecule has 2 aromatic rings. The lowest BCUT2D eigenvalue weighted by atomic mass is 10.2. The van der Waals surface area contributed by atoms with Crippen molar-refractivity contribution in [3.8, 4) is 5.75 Å². The Morgan fingerprint density at radius 1 is 1.10 bits per heavy atom. The Bertz CT molecular complexity index is 891. The Morgan fingerprint density at radius 2 is 1.79 bits per heavy atom. The van der Waals surface area contributed by atoms with E-state index in [0.717, 1.165) is 24.2 Å². The van der Waals surface area contributed by atoms with Gasteiger partial charge in [0.1, 0.15) is 5.75 Å². The van der Waals surface area contributed by atoms with E-state index in [0.29, 0.717) is 12.0 Å². The molecule has 0 radical (unpaired) electrons. The highest BCUT2D eigenvalue weighted by Gasteiger charge is 2.30. The van der Waals surface area contributed by atoms with Gasteiger partial charge in [-0.3, -0.25) is 9.59 Å². The summed E-state index contributed by atoms with van der Waals surface area (Å²) >= 11 is 0. The minimum absolute atomic E-state index is 0.116. The molecule has 1 aliphatic heterocycles. The number of hydrogen-bond acceptors (Lipinski definition) is 3. The average Bonchev–Trinajstić information content (AvgIpc) is 3.11. The molecule has 0 unspecified atom stereocenters. The monoisotopic (exact) mass is 404 g/mol. The van der Waals surface area contributed by atoms with Gasteiger partial charge in [-0.15, -0.1) is 13.2 Å². The van der Waals surface area contributed by atoms with E-state index in [1.165, 1.54) is 30.3 Å². The van der Waals surface area contributed by atoms with Crippen LogP contribution in [0.5, 0.6) is 5.75 Å². The molecule has 0 saturated carbocycles. The Morgan fingerprint density at radius 3 is 2.38 bits per heavy atom. The van der Waals surface area contributed by atoms with E-state index in [-0.39, 0.29) is 24.1 Å². The fraction of sp³-hybridized carbons (Fsp3) is 0.238. The fourth-order valence-corrected chi connectivity index (χ4v) is 2.92. The highest BCUT2D eigenvalue weighted by atomic mass is 19.4. The summed E-state index contributed by atoms with van der Waals surface area (Å²) in [6, 6.07) is 12.6. The molecule has 0 spiro atoms. The summed E-state index contributed by atoms with van der Waals surface area (Å²) in [5, 5.41) is 2.66. The van der Waals surface area contributed by atoms with Crippen LogP contribution < -0.4 is 15.0 Å². The molecule has 1 saturated heterocycles. The number of rotatable bonds is 6. The number of anilines is 1. The second kappa shape index (κ2) is 8.81. The number of nitrogens with one attached hydrogen (secondary N) is 1. The van der Waals surface area contributed by atoms with Crippen LogP contribution in [0.1, 0.15) is 24.0 Å². The molecule has 2 amide bonds. The minimum Gasteiger partial charge on any atom is -0.406 e. The summed E-state index contributed by atoms with van der Waals surface area (Å²) in [6.45, 7) is 0.894. The number of halogens is 3. The van der Waals surface area contributed by atoms with Gasteiger partial charge < -0.3 is 15.0 Å². The van der Waals surface area contributed by atoms with Crippen LogP contribution in [0.4, 0.5) is 18.9 Å². The van der Waals surface area contributed by atoms with Gasteiger partial charge in [-0.2, -0.15) is 0 Å². The second-order valence-electron chi connectivity index (χ2n) is 6.48. The maximum absolute atomic E-state index is 12.1. The second-order valence-corrected chi connectivity index (χ2v) is 6.48. The predicted molar refractivity (Wildman–Crippen MR) is 102 cm³/mol. The van der Waals surface area contributed by atoms with Crippen molar-refractivity contribution in [3.63, 3.8) is 0 Å². The van der Waals surface area contributed by atoms with Crippen LogP contribution in [-0.4, -0.2) is 24.7 Å². The zero-order chi connectivity index (χ0) is 20.9. The van der Waals surface area contributed by atoms with Gasteiger partial charge in [0, 0.05) is 31.3 Å². The lowest BCUT2D eigenvalue weighted by Gasteiger charge is -2.15. The molecule has 0 bridgehead atoms. The highest BCUT2D eigenvalue weighted by Crippen LogP contribution is 2.23. The van der Waals surface area contributed by atoms with E-state index in [2.05, 4.69) is 10.1 Å². The van der Waals surface area contributed by atoms with Crippen molar-refractivity contribution < 1.29 is 27.5 Å². The van der Waals surface area contributed by atoms with Crippen molar-refractivity contribution in [2.45, 2.75) is 25.7 Å². The van der Waals surface area contributed by atoms with Crippen LogP contribution in [0.2, 0.25) is 0 Å². The topological polar surface area (TPSA) is 58.6 Å². The number of hydrogen-bond donors (Lipinski definition) is 1. The van der Waals surface area contributed by atoms with Crippen LogP contribution in [0.25, 0.3) is 6.08 Å². The van der Waals surface area contributed by atoms with Gasteiger partial charge >= 0.3 is 6.36 Å². The summed E-state index contributed by atoms with van der Waals surface area (Å²) in [6.07, 6.45) is -0.288. The highest BCUT2D eigenvalue weighted by molar-refractivity contribution is 5.95. The molecule has 0 atom stereocenters. The molecule has 1 fully saturated rings. The number of ether oxygens (including phenoxy) is 1. The van der Waals surface area contributed by atoms with Gasteiger partial charge in [-0.25, -0.2) is 0 Å². The molecule has 29 heavy (non-hydrogen) atoms. The van der Waals surface area contributed by atoms with Crippen LogP contribution >= 0.6 is 0 Å². The zero-order valence-electron chi connectivity index (χ0n) is 15.4. The van der Waals surface area contributed by atoms with Crippen molar-refractivity contribution in [2.24, 2.45) is 0 Å². The Balaban J connectivity index is 1.49. The van der Waals surface area contributed by atoms with E-state index < -0.39 is 6.36 Å². The molecule has 0 aromatic heterocycles. The van der Waals surface area contributed by atoms with E-state index >= 15 is 0 Å². The van der Waals surface area contributed by atoms with Crippen molar-refractivity contribution in [1.29, 1.82) is 0 Å². The molecule has 1 aliphatic rings. The first-order valence-electron chi connectivity index (χ1n) is 9.01. The summed E-state index contributed by atoms with van der Waals surface area (Å²) in [7, 11) is 0. The van der Waals surface area contributed by atoms with Crippen LogP contribution in [0.15, 0.2) is 54.6 Å². The number of alkyl halides is 3. The van der Waals surface area contributed by atoms with Gasteiger partial charge in [0.25, 0.3) is 0 Å². The van der Waals surface area contributed by atoms with Crippen LogP contribution in [0.3, 0.4) is 0 Å². The molecule has 1 heterocycles. The number of amides is 2. The SMILES string of the molecule is O=C(/C=C/c1ccc(N2CCCC2=O)cc1)NCc1ccc(OC(F)(F)F)cc1. The third-order valence-electron chi connectivity index (χ3n) is 4.33. The quantitative estimate of drug-likeness (QED) is 0.740. The van der Waals surface area contributed by atoms with Crippen LogP contribution in [-0.2, 0) is 16.1 Å². The van der Waals surface area contributed by atoms with Gasteiger partial charge in [0.05, 0.1) is 0 Å². The summed E-state index contributed by atoms with van der Waals surface area (Å²) in [4.78, 5) is 25.4. The third kappa shape index (κ3) is 6.10. The van der Waals surface area contributed by atoms with Crippen molar-refractivity contribution in [3.05, 3.63) is 65.7 Å². The van der Waals surface area contributed by atoms with Crippen molar-refractivity contribution in [1.82, 2.24) is 5.32 Å². The molecule has 0 aliphatic carbocycles. The summed E-state index contributed by atoms with van der Waals surface area (Å²) in [5.41, 5.74) is 2.29. The smallest absolute Gasteiger partial charge is 0.406 e. The maximum Gasteiger partial charge on any atom is 0.573 e. The number of carbonyl (C=O) groups is 2. The summed E-state index contributed by atoms with van der Waals surface area (Å²) in [5.74, 6) is -0.531. The molecule has 152 valence electrons. The molecule has 1 N–H and O–H groups in total. The first kappa shape index (κ1) is 20.4. The lowest BCUT2D eigenvalue weighted by Crippen LogP contribution is -2.23. The normalized spacial score (nSPS) is 14.4. The number of benzene rings is 2. The standard InChI is InChI=1S/C21H19F3N2O3/c22-21(23,24)29-18-10-5-16(6-11-18)14-25-19(27)12-7-15-3-8-17(9-4-15)26-13-1-2-20(26)28/h3-12H,1-2,13-14H2,(H,25,27)/b12-7+. The molecule has 2 aromatic carbocycles. The van der Waals surface area contributed by atoms with Crippen LogP contribution in [0, 0.1) is 0 Å². The molecular weight excluding hydrogens is 385 g/mol. The van der Waals surface area contributed by atoms with Gasteiger partial charge in [-0.1, -0.05) is 24.3 Å². The first-order valence-corrected chi connectivity index (χ1v) is 9.01. The summed E-state index contributed by atoms with van der Waals surface area (Å²) < 4.78 is 40.2. The van der Waals surface area contributed by atoms with Gasteiger partial charge in [0.2, 0.25) is 11.8 Å². The van der Waals surface area contributed by atoms with Gasteiger partial charge in [0.15, 0.2) is 0 Å². The predicted octanol–water partition coefficient (Wildman–Crippen LogP) is 4.04. The van der Waals surface area contributed by atoms with E-state index in [1.807, 2.05) is 24.3 Å². The average molecular weight is 404 g/mol. The number of carbonyl (C=O) groups excluding carboxylic acids is 2. The first-order chi connectivity index (χ1) is 13.8. The van der Waals surface area contributed by atoms with Gasteiger partial charge in [-0.05, 0) is 47.9 Å². The largest absolute Gasteiger partial charge is 0.573 e. The number of nitrogens with zero attached hydrogens (tertiary/aromatic N) is 1. The lowest BCUT2D eigenvalue weighted by molar-refractivity contribution is -0.274. The Kier molecular flexibility index (Phi) is 6.21. The fourth-order valence-electron chi connectivity index (χ4n) is 2.92. The van der Waals surface area contributed by atoms with E-state index in [4.69, 9.17) is 0 Å². The molecule has 3 rings (SSSR count). The van der Waals surface area contributed by atoms with Crippen molar-refractivity contribution in [2.75, 3.05) is 11.4 Å². The minimum atomic E-state index is -4.73. The molecule has 5 nitrogen and oxygen atoms in total. The maximum atomic E-state index is 12.1. The van der Waals surface area contributed by atoms with E-state index in [9.17, 15) is 22.8 Å². The molecule has 8 heteroatoms. The molecular formula is C21H19F3N2O3.